The first-order valence-corrected chi connectivity index (χ1v) is 10.1. The number of hydrogen-bond donors (Lipinski definition) is 0. The van der Waals surface area contributed by atoms with Crippen LogP contribution < -0.4 is 4.18 Å². The van der Waals surface area contributed by atoms with Gasteiger partial charge in [0.15, 0.2) is 5.75 Å². The summed E-state index contributed by atoms with van der Waals surface area (Å²) in [6.07, 6.45) is 0. The van der Waals surface area contributed by atoms with E-state index in [1.807, 2.05) is 0 Å². The molecule has 0 N–H and O–H groups in total. The first kappa shape index (κ1) is 17.7. The molecule has 0 aliphatic carbocycles. The summed E-state index contributed by atoms with van der Waals surface area (Å²) in [4.78, 5) is -0.987. The van der Waals surface area contributed by atoms with E-state index in [1.54, 1.807) is 12.1 Å². The average molecular weight is 398 g/mol. The second-order valence-corrected chi connectivity index (χ2v) is 8.36. The second kappa shape index (κ2) is 6.30. The highest BCUT2D eigenvalue weighted by atomic mass is 35.5. The summed E-state index contributed by atoms with van der Waals surface area (Å²) in [6.45, 7) is 0. The maximum absolute atomic E-state index is 12.4. The molecule has 1 radical (unpaired) electrons. The van der Waals surface area contributed by atoms with Gasteiger partial charge in [0.1, 0.15) is 9.79 Å². The van der Waals surface area contributed by atoms with Crippen LogP contribution in [0.5, 0.6) is 5.75 Å². The van der Waals surface area contributed by atoms with Crippen molar-refractivity contribution in [3.63, 3.8) is 0 Å². The summed E-state index contributed by atoms with van der Waals surface area (Å²) in [5.74, 6) is -0.561. The molecule has 0 unspecified atom stereocenters. The van der Waals surface area contributed by atoms with E-state index in [9.17, 15) is 21.4 Å². The standard InChI is InChI=1S/C16H10ClO6S2/c17-12-5-3-6-13(10-12)25(21,22)23-15-9-8-11-4-1-2-7-14(11)16(15)24(18,19)20/h1-10H. The van der Waals surface area contributed by atoms with Crippen LogP contribution in [0.2, 0.25) is 5.02 Å². The van der Waals surface area contributed by atoms with Gasteiger partial charge in [-0.2, -0.15) is 16.8 Å². The number of hydrogen-bond acceptors (Lipinski definition) is 5. The number of halogens is 1. The van der Waals surface area contributed by atoms with Crippen LogP contribution in [-0.4, -0.2) is 16.8 Å². The van der Waals surface area contributed by atoms with Gasteiger partial charge in [0.2, 0.25) is 0 Å². The monoisotopic (exact) mass is 397 g/mol. The van der Waals surface area contributed by atoms with Crippen molar-refractivity contribution in [3.05, 3.63) is 65.7 Å². The molecule has 0 spiro atoms. The van der Waals surface area contributed by atoms with Gasteiger partial charge >= 0.3 is 20.2 Å². The SMILES string of the molecule is [O]S(=O)(=O)c1c(OS(=O)(=O)c2cccc(Cl)c2)ccc2ccccc12. The minimum Gasteiger partial charge on any atom is -0.377 e. The molecule has 3 aromatic carbocycles. The fraction of sp³-hybridized carbons (Fsp3) is 0. The van der Waals surface area contributed by atoms with E-state index in [2.05, 4.69) is 0 Å². The van der Waals surface area contributed by atoms with E-state index in [-0.39, 0.29) is 15.3 Å². The highest BCUT2D eigenvalue weighted by Crippen LogP contribution is 2.34. The van der Waals surface area contributed by atoms with Gasteiger partial charge in [-0.1, -0.05) is 52.6 Å². The predicted molar refractivity (Wildman–Crippen MR) is 91.1 cm³/mol. The van der Waals surface area contributed by atoms with Crippen molar-refractivity contribution in [2.45, 2.75) is 9.79 Å². The first-order chi connectivity index (χ1) is 11.7. The van der Waals surface area contributed by atoms with Crippen LogP contribution in [0.4, 0.5) is 0 Å². The Labute approximate surface area is 149 Å². The maximum Gasteiger partial charge on any atom is 0.339 e. The first-order valence-electron chi connectivity index (χ1n) is 6.86. The van der Waals surface area contributed by atoms with Gasteiger partial charge in [0.25, 0.3) is 0 Å². The van der Waals surface area contributed by atoms with Gasteiger partial charge in [-0.25, -0.2) is 0 Å². The molecule has 0 atom stereocenters. The molecule has 6 nitrogen and oxygen atoms in total. The summed E-state index contributed by atoms with van der Waals surface area (Å²) >= 11 is 5.77. The number of rotatable bonds is 4. The lowest BCUT2D eigenvalue weighted by atomic mass is 10.1. The van der Waals surface area contributed by atoms with Crippen molar-refractivity contribution < 1.29 is 25.6 Å². The minimum absolute atomic E-state index is 0.0799. The lowest BCUT2D eigenvalue weighted by Gasteiger charge is -2.12. The van der Waals surface area contributed by atoms with E-state index >= 15 is 0 Å². The highest BCUT2D eigenvalue weighted by molar-refractivity contribution is 7.87. The molecule has 25 heavy (non-hydrogen) atoms. The molecule has 0 saturated heterocycles. The Hall–Kier alpha value is -2.13. The third-order valence-electron chi connectivity index (χ3n) is 3.38. The molecule has 3 aromatic rings. The van der Waals surface area contributed by atoms with E-state index < -0.39 is 30.9 Å². The van der Waals surface area contributed by atoms with Crippen molar-refractivity contribution >= 4 is 42.6 Å². The Morgan fingerprint density at radius 3 is 2.24 bits per heavy atom. The minimum atomic E-state index is -4.99. The molecule has 129 valence electrons. The molecule has 0 amide bonds. The molecule has 0 aliphatic rings. The Morgan fingerprint density at radius 2 is 1.56 bits per heavy atom. The molecule has 3 rings (SSSR count). The zero-order valence-corrected chi connectivity index (χ0v) is 14.8. The smallest absolute Gasteiger partial charge is 0.339 e. The maximum atomic E-state index is 12.4. The van der Waals surface area contributed by atoms with Crippen LogP contribution in [0.15, 0.2) is 70.5 Å². The Kier molecular flexibility index (Phi) is 4.46. The Bertz CT molecular complexity index is 1170. The zero-order chi connectivity index (χ0) is 18.2. The molecule has 0 bridgehead atoms. The Balaban J connectivity index is 2.20. The van der Waals surface area contributed by atoms with Crippen LogP contribution in [-0.2, 0) is 24.8 Å². The summed E-state index contributed by atoms with van der Waals surface area (Å²) in [6, 6.07) is 14.1. The van der Waals surface area contributed by atoms with Crippen molar-refractivity contribution in [2.75, 3.05) is 0 Å². The summed E-state index contributed by atoms with van der Waals surface area (Å²) in [5.41, 5.74) is 0. The van der Waals surface area contributed by atoms with Crippen LogP contribution in [0.1, 0.15) is 0 Å². The fourth-order valence-electron chi connectivity index (χ4n) is 2.34. The normalized spacial score (nSPS) is 12.2. The van der Waals surface area contributed by atoms with Crippen molar-refractivity contribution in [2.24, 2.45) is 0 Å². The van der Waals surface area contributed by atoms with E-state index in [1.165, 1.54) is 36.4 Å². The summed E-state index contributed by atoms with van der Waals surface area (Å²) < 4.78 is 64.8. The number of fused-ring (bicyclic) bond motifs is 1. The van der Waals surface area contributed by atoms with Crippen LogP contribution in [0.3, 0.4) is 0 Å². The van der Waals surface area contributed by atoms with Crippen LogP contribution in [0.25, 0.3) is 10.8 Å². The lowest BCUT2D eigenvalue weighted by Crippen LogP contribution is -2.12. The van der Waals surface area contributed by atoms with E-state index in [0.717, 1.165) is 12.1 Å². The topological polar surface area (TPSA) is 97.4 Å². The van der Waals surface area contributed by atoms with Gasteiger partial charge in [0.05, 0.1) is 0 Å². The predicted octanol–water partition coefficient (Wildman–Crippen LogP) is 3.38. The highest BCUT2D eigenvalue weighted by Gasteiger charge is 2.26. The van der Waals surface area contributed by atoms with Gasteiger partial charge in [0, 0.05) is 10.4 Å². The lowest BCUT2D eigenvalue weighted by molar-refractivity contribution is 0.411. The molecule has 0 aromatic heterocycles. The van der Waals surface area contributed by atoms with Crippen molar-refractivity contribution in [1.82, 2.24) is 0 Å². The third kappa shape index (κ3) is 3.62. The molecular weight excluding hydrogens is 388 g/mol. The number of benzene rings is 3. The van der Waals surface area contributed by atoms with E-state index in [0.29, 0.717) is 5.39 Å². The van der Waals surface area contributed by atoms with Gasteiger partial charge < -0.3 is 4.18 Å². The fourth-order valence-corrected chi connectivity index (χ4v) is 4.44. The summed E-state index contributed by atoms with van der Waals surface area (Å²) in [5, 5.41) is 0.709. The molecule has 0 aliphatic heterocycles. The molecule has 0 saturated carbocycles. The quantitative estimate of drug-likeness (QED) is 0.628. The Morgan fingerprint density at radius 1 is 0.840 bits per heavy atom. The molecular formula is C16H10ClO6S2. The molecule has 9 heteroatoms. The largest absolute Gasteiger partial charge is 0.377 e. The van der Waals surface area contributed by atoms with Crippen LogP contribution in [0, 0.1) is 0 Å². The van der Waals surface area contributed by atoms with Gasteiger partial charge in [-0.05, 0) is 29.7 Å². The molecule has 0 fully saturated rings. The van der Waals surface area contributed by atoms with Crippen LogP contribution >= 0.6 is 11.6 Å². The van der Waals surface area contributed by atoms with Crippen molar-refractivity contribution in [1.29, 1.82) is 0 Å². The van der Waals surface area contributed by atoms with Gasteiger partial charge in [-0.15, -0.1) is 0 Å². The van der Waals surface area contributed by atoms with Crippen molar-refractivity contribution in [3.8, 4) is 5.75 Å². The second-order valence-electron chi connectivity index (χ2n) is 5.06. The molecule has 0 heterocycles. The van der Waals surface area contributed by atoms with Gasteiger partial charge in [-0.3, -0.25) is 0 Å². The zero-order valence-electron chi connectivity index (χ0n) is 12.4. The third-order valence-corrected chi connectivity index (χ3v) is 5.76. The average Bonchev–Trinajstić information content (AvgIpc) is 2.53. The summed E-state index contributed by atoms with van der Waals surface area (Å²) in [7, 11) is -9.36. The van der Waals surface area contributed by atoms with E-state index in [4.69, 9.17) is 15.8 Å².